The molecule has 1 aromatic heterocycles. The van der Waals surface area contributed by atoms with Crippen molar-refractivity contribution in [2.24, 2.45) is 0 Å². The fourth-order valence-electron chi connectivity index (χ4n) is 1.94. The zero-order valence-electron chi connectivity index (χ0n) is 9.84. The molecule has 1 unspecified atom stereocenters. The maximum absolute atomic E-state index is 3.80. The lowest BCUT2D eigenvalue weighted by molar-refractivity contribution is 0.945. The Kier molecular flexibility index (Phi) is 4.45. The average Bonchev–Trinajstić information content (AvgIpc) is 2.58. The predicted octanol–water partition coefficient (Wildman–Crippen LogP) is 5.81. The molecular weight excluding hydrogens is 360 g/mol. The summed E-state index contributed by atoms with van der Waals surface area (Å²) in [6.45, 7) is 4.36. The molecule has 0 radical (unpaired) electrons. The first-order valence-electron chi connectivity index (χ1n) is 5.51. The van der Waals surface area contributed by atoms with E-state index in [0.29, 0.717) is 4.83 Å². The number of aryl methyl sites for hydroxylation is 2. The van der Waals surface area contributed by atoms with Gasteiger partial charge < -0.3 is 0 Å². The van der Waals surface area contributed by atoms with Gasteiger partial charge in [0.1, 0.15) is 0 Å². The molecule has 0 aliphatic rings. The molecule has 0 amide bonds. The number of thiophene rings is 1. The second kappa shape index (κ2) is 5.68. The van der Waals surface area contributed by atoms with E-state index in [2.05, 4.69) is 76.0 Å². The van der Waals surface area contributed by atoms with Gasteiger partial charge in [0.25, 0.3) is 0 Å². The van der Waals surface area contributed by atoms with Crippen molar-refractivity contribution >= 4 is 43.2 Å². The van der Waals surface area contributed by atoms with E-state index in [9.17, 15) is 0 Å². The highest BCUT2D eigenvalue weighted by Crippen LogP contribution is 2.34. The number of benzene rings is 1. The number of alkyl halides is 1. The van der Waals surface area contributed by atoms with Gasteiger partial charge in [-0.3, -0.25) is 0 Å². The first-order chi connectivity index (χ1) is 8.06. The number of hydrogen-bond donors (Lipinski definition) is 0. The van der Waals surface area contributed by atoms with Gasteiger partial charge in [0, 0.05) is 19.1 Å². The van der Waals surface area contributed by atoms with Crippen molar-refractivity contribution in [2.75, 3.05) is 0 Å². The molecule has 0 saturated carbocycles. The van der Waals surface area contributed by atoms with Crippen LogP contribution in [0.3, 0.4) is 0 Å². The van der Waals surface area contributed by atoms with Crippen molar-refractivity contribution in [3.05, 3.63) is 55.7 Å². The molecule has 1 aromatic carbocycles. The molecule has 0 aliphatic carbocycles. The quantitative estimate of drug-likeness (QED) is 0.596. The molecular formula is C14H14Br2S. The van der Waals surface area contributed by atoms with Crippen molar-refractivity contribution in [3.63, 3.8) is 0 Å². The molecule has 17 heavy (non-hydrogen) atoms. The summed E-state index contributed by atoms with van der Waals surface area (Å²) in [6.07, 6.45) is 1.02. The van der Waals surface area contributed by atoms with Crippen LogP contribution in [0.4, 0.5) is 0 Å². The minimum atomic E-state index is 0.404. The molecule has 0 bridgehead atoms. The first kappa shape index (κ1) is 13.3. The SMILES string of the molecule is Cc1cc(C(Br)Cc2cccc(Br)c2)c(C)s1. The molecule has 3 heteroatoms. The zero-order chi connectivity index (χ0) is 12.4. The molecule has 0 spiro atoms. The van der Waals surface area contributed by atoms with E-state index in [1.165, 1.54) is 20.9 Å². The predicted molar refractivity (Wildman–Crippen MR) is 83.3 cm³/mol. The van der Waals surface area contributed by atoms with E-state index >= 15 is 0 Å². The van der Waals surface area contributed by atoms with Crippen molar-refractivity contribution in [3.8, 4) is 0 Å². The van der Waals surface area contributed by atoms with E-state index in [1.807, 2.05) is 11.3 Å². The Morgan fingerprint density at radius 2 is 2.00 bits per heavy atom. The van der Waals surface area contributed by atoms with Gasteiger partial charge in [-0.25, -0.2) is 0 Å². The Morgan fingerprint density at radius 1 is 1.24 bits per heavy atom. The minimum absolute atomic E-state index is 0.404. The second-order valence-electron chi connectivity index (χ2n) is 4.17. The van der Waals surface area contributed by atoms with Crippen LogP contribution in [0.25, 0.3) is 0 Å². The lowest BCUT2D eigenvalue weighted by Crippen LogP contribution is -1.95. The monoisotopic (exact) mass is 372 g/mol. The fraction of sp³-hybridized carbons (Fsp3) is 0.286. The second-order valence-corrected chi connectivity index (χ2v) is 7.65. The Balaban J connectivity index is 2.16. The van der Waals surface area contributed by atoms with Crippen LogP contribution in [0, 0.1) is 13.8 Å². The average molecular weight is 374 g/mol. The van der Waals surface area contributed by atoms with E-state index in [1.54, 1.807) is 0 Å². The van der Waals surface area contributed by atoms with Crippen LogP contribution in [0.5, 0.6) is 0 Å². The molecule has 0 nitrogen and oxygen atoms in total. The standard InChI is InChI=1S/C14H14Br2S/c1-9-6-13(10(2)17-9)14(16)8-11-4-3-5-12(15)7-11/h3-7,14H,8H2,1-2H3. The normalized spacial score (nSPS) is 12.7. The Hall–Kier alpha value is -0.120. The summed E-state index contributed by atoms with van der Waals surface area (Å²) in [4.78, 5) is 3.21. The van der Waals surface area contributed by atoms with Gasteiger partial charge in [0.2, 0.25) is 0 Å². The van der Waals surface area contributed by atoms with Crippen molar-refractivity contribution < 1.29 is 0 Å². The van der Waals surface area contributed by atoms with Gasteiger partial charge >= 0.3 is 0 Å². The largest absolute Gasteiger partial charge is 0.146 e. The van der Waals surface area contributed by atoms with Gasteiger partial charge in [-0.2, -0.15) is 0 Å². The van der Waals surface area contributed by atoms with Crippen LogP contribution in [-0.2, 0) is 6.42 Å². The third-order valence-corrected chi connectivity index (χ3v) is 5.01. The topological polar surface area (TPSA) is 0 Å². The van der Waals surface area contributed by atoms with Crippen LogP contribution >= 0.6 is 43.2 Å². The highest BCUT2D eigenvalue weighted by molar-refractivity contribution is 9.10. The van der Waals surface area contributed by atoms with Crippen LogP contribution < -0.4 is 0 Å². The summed E-state index contributed by atoms with van der Waals surface area (Å²) in [6, 6.07) is 10.8. The minimum Gasteiger partial charge on any atom is -0.146 e. The highest BCUT2D eigenvalue weighted by atomic mass is 79.9. The lowest BCUT2D eigenvalue weighted by atomic mass is 10.0. The zero-order valence-corrected chi connectivity index (χ0v) is 13.8. The molecule has 2 aromatic rings. The lowest BCUT2D eigenvalue weighted by Gasteiger charge is -2.10. The molecule has 0 N–H and O–H groups in total. The molecule has 2 rings (SSSR count). The molecule has 0 saturated heterocycles. The molecule has 1 atom stereocenters. The maximum atomic E-state index is 3.80. The Morgan fingerprint density at radius 3 is 2.59 bits per heavy atom. The van der Waals surface area contributed by atoms with Crippen molar-refractivity contribution in [1.29, 1.82) is 0 Å². The van der Waals surface area contributed by atoms with Crippen LogP contribution in [0.15, 0.2) is 34.8 Å². The van der Waals surface area contributed by atoms with Gasteiger partial charge in [0.15, 0.2) is 0 Å². The Labute approximate surface area is 123 Å². The maximum Gasteiger partial charge on any atom is 0.0446 e. The third kappa shape index (κ3) is 3.43. The summed E-state index contributed by atoms with van der Waals surface area (Å²) in [5.41, 5.74) is 2.77. The van der Waals surface area contributed by atoms with Crippen LogP contribution in [0.2, 0.25) is 0 Å². The van der Waals surface area contributed by atoms with Crippen LogP contribution in [0.1, 0.15) is 25.7 Å². The third-order valence-electron chi connectivity index (χ3n) is 2.72. The molecule has 90 valence electrons. The van der Waals surface area contributed by atoms with Gasteiger partial charge in [0.05, 0.1) is 0 Å². The molecule has 0 aliphatic heterocycles. The van der Waals surface area contributed by atoms with E-state index in [4.69, 9.17) is 0 Å². The van der Waals surface area contributed by atoms with E-state index < -0.39 is 0 Å². The number of rotatable bonds is 3. The summed E-state index contributed by atoms with van der Waals surface area (Å²) in [5, 5.41) is 0. The van der Waals surface area contributed by atoms with Gasteiger partial charge in [-0.1, -0.05) is 44.0 Å². The Bertz CT molecular complexity index is 517. The number of hydrogen-bond acceptors (Lipinski definition) is 1. The van der Waals surface area contributed by atoms with E-state index in [-0.39, 0.29) is 0 Å². The van der Waals surface area contributed by atoms with Gasteiger partial charge in [-0.05, 0) is 49.6 Å². The summed E-state index contributed by atoms with van der Waals surface area (Å²) < 4.78 is 1.15. The number of halogens is 2. The fourth-order valence-corrected chi connectivity index (χ4v) is 4.38. The van der Waals surface area contributed by atoms with Crippen LogP contribution in [-0.4, -0.2) is 0 Å². The van der Waals surface area contributed by atoms with Crippen molar-refractivity contribution in [2.45, 2.75) is 25.1 Å². The highest BCUT2D eigenvalue weighted by Gasteiger charge is 2.13. The summed E-state index contributed by atoms with van der Waals surface area (Å²) in [5.74, 6) is 0. The van der Waals surface area contributed by atoms with E-state index in [0.717, 1.165) is 10.9 Å². The smallest absolute Gasteiger partial charge is 0.0446 e. The molecule has 0 fully saturated rings. The summed E-state index contributed by atoms with van der Waals surface area (Å²) in [7, 11) is 0. The molecule has 1 heterocycles. The van der Waals surface area contributed by atoms with Crippen molar-refractivity contribution in [1.82, 2.24) is 0 Å². The van der Waals surface area contributed by atoms with Gasteiger partial charge in [-0.15, -0.1) is 11.3 Å². The first-order valence-corrected chi connectivity index (χ1v) is 8.04. The summed E-state index contributed by atoms with van der Waals surface area (Å²) >= 11 is 9.19.